The van der Waals surface area contributed by atoms with Crippen LogP contribution in [0.1, 0.15) is 34.1 Å². The van der Waals surface area contributed by atoms with Crippen LogP contribution in [0.25, 0.3) is 0 Å². The molecular formula is C10H23NO. The summed E-state index contributed by atoms with van der Waals surface area (Å²) in [5.74, 6) is 0.376. The van der Waals surface area contributed by atoms with Crippen LogP contribution >= 0.6 is 0 Å². The Hall–Kier alpha value is -0.0800. The van der Waals surface area contributed by atoms with Gasteiger partial charge in [-0.3, -0.25) is 0 Å². The average molecular weight is 173 g/mol. The maximum Gasteiger partial charge on any atom is 0.0468 e. The average Bonchev–Trinajstić information content (AvgIpc) is 2.04. The van der Waals surface area contributed by atoms with Crippen molar-refractivity contribution < 1.29 is 5.11 Å². The minimum absolute atomic E-state index is 0.253. The Morgan fingerprint density at radius 3 is 2.25 bits per heavy atom. The molecule has 0 spiro atoms. The van der Waals surface area contributed by atoms with Crippen LogP contribution < -0.4 is 0 Å². The molecule has 0 amide bonds. The Balaban J connectivity index is 3.93. The van der Waals surface area contributed by atoms with Gasteiger partial charge in [0.25, 0.3) is 0 Å². The van der Waals surface area contributed by atoms with E-state index in [0.29, 0.717) is 5.92 Å². The van der Waals surface area contributed by atoms with E-state index in [-0.39, 0.29) is 12.1 Å². The summed E-state index contributed by atoms with van der Waals surface area (Å²) in [6.45, 7) is 9.98. The van der Waals surface area contributed by atoms with Crippen LogP contribution in [0.2, 0.25) is 0 Å². The molecule has 2 nitrogen and oxygen atoms in total. The van der Waals surface area contributed by atoms with Gasteiger partial charge in [0.2, 0.25) is 0 Å². The molecule has 1 unspecified atom stereocenters. The van der Waals surface area contributed by atoms with E-state index < -0.39 is 0 Å². The molecule has 0 aliphatic heterocycles. The lowest BCUT2D eigenvalue weighted by atomic mass is 9.98. The Kier molecular flexibility index (Phi) is 4.80. The monoisotopic (exact) mass is 173 g/mol. The van der Waals surface area contributed by atoms with Crippen molar-refractivity contribution in [3.63, 3.8) is 0 Å². The predicted octanol–water partition coefficient (Wildman–Crippen LogP) is 1.74. The van der Waals surface area contributed by atoms with Gasteiger partial charge in [-0.25, -0.2) is 0 Å². The van der Waals surface area contributed by atoms with Gasteiger partial charge >= 0.3 is 0 Å². The van der Waals surface area contributed by atoms with Crippen molar-refractivity contribution in [3.05, 3.63) is 0 Å². The molecule has 0 aliphatic rings. The first-order valence-electron chi connectivity index (χ1n) is 4.76. The normalized spacial score (nSPS) is 15.2. The molecule has 0 aromatic carbocycles. The van der Waals surface area contributed by atoms with Crippen LogP contribution in [0.3, 0.4) is 0 Å². The molecule has 0 saturated carbocycles. The summed E-state index contributed by atoms with van der Waals surface area (Å²) in [6, 6.07) is 0. The second kappa shape index (κ2) is 4.83. The zero-order valence-corrected chi connectivity index (χ0v) is 9.09. The molecule has 1 atom stereocenters. The first-order valence-corrected chi connectivity index (χ1v) is 4.76. The Morgan fingerprint density at radius 1 is 1.42 bits per heavy atom. The second-order valence-corrected chi connectivity index (χ2v) is 4.33. The first-order chi connectivity index (χ1) is 5.44. The smallest absolute Gasteiger partial charge is 0.0468 e. The first kappa shape index (κ1) is 11.9. The molecule has 12 heavy (non-hydrogen) atoms. The molecular weight excluding hydrogens is 150 g/mol. The van der Waals surface area contributed by atoms with E-state index in [1.807, 2.05) is 0 Å². The van der Waals surface area contributed by atoms with E-state index in [0.717, 1.165) is 13.0 Å². The lowest BCUT2D eigenvalue weighted by Gasteiger charge is -2.36. The largest absolute Gasteiger partial charge is 0.396 e. The van der Waals surface area contributed by atoms with Crippen molar-refractivity contribution in [1.29, 1.82) is 0 Å². The van der Waals surface area contributed by atoms with Crippen LogP contribution in [-0.4, -0.2) is 35.7 Å². The molecule has 74 valence electrons. The zero-order valence-electron chi connectivity index (χ0n) is 9.09. The van der Waals surface area contributed by atoms with Gasteiger partial charge in [-0.15, -0.1) is 0 Å². The number of aliphatic hydroxyl groups is 1. The highest BCUT2D eigenvalue weighted by molar-refractivity contribution is 4.78. The highest BCUT2D eigenvalue weighted by Crippen LogP contribution is 2.17. The topological polar surface area (TPSA) is 23.5 Å². The molecule has 0 bridgehead atoms. The van der Waals surface area contributed by atoms with Gasteiger partial charge in [0.05, 0.1) is 0 Å². The van der Waals surface area contributed by atoms with Crippen LogP contribution in [0, 0.1) is 5.92 Å². The van der Waals surface area contributed by atoms with Gasteiger partial charge in [-0.1, -0.05) is 13.8 Å². The molecule has 0 heterocycles. The maximum absolute atomic E-state index is 8.90. The minimum Gasteiger partial charge on any atom is -0.396 e. The van der Waals surface area contributed by atoms with Crippen LogP contribution in [0.5, 0.6) is 0 Å². The predicted molar refractivity (Wildman–Crippen MR) is 53.2 cm³/mol. The summed E-state index contributed by atoms with van der Waals surface area (Å²) < 4.78 is 0. The van der Waals surface area contributed by atoms with E-state index >= 15 is 0 Å². The van der Waals surface area contributed by atoms with E-state index in [4.69, 9.17) is 5.11 Å². The number of hydrogen-bond acceptors (Lipinski definition) is 2. The summed E-state index contributed by atoms with van der Waals surface area (Å²) in [6.07, 6.45) is 1.14. The second-order valence-electron chi connectivity index (χ2n) is 4.33. The summed E-state index contributed by atoms with van der Waals surface area (Å²) >= 11 is 0. The fourth-order valence-electron chi connectivity index (χ4n) is 1.04. The summed E-state index contributed by atoms with van der Waals surface area (Å²) in [7, 11) is 2.12. The Morgan fingerprint density at radius 2 is 1.92 bits per heavy atom. The molecule has 1 N–H and O–H groups in total. The summed E-state index contributed by atoms with van der Waals surface area (Å²) in [5, 5.41) is 8.90. The van der Waals surface area contributed by atoms with Crippen LogP contribution in [-0.2, 0) is 0 Å². The van der Waals surface area contributed by atoms with Gasteiger partial charge in [-0.05, 0) is 33.2 Å². The number of nitrogens with zero attached hydrogens (tertiary/aromatic N) is 1. The van der Waals surface area contributed by atoms with Crippen molar-refractivity contribution in [2.75, 3.05) is 20.2 Å². The van der Waals surface area contributed by atoms with E-state index in [9.17, 15) is 0 Å². The molecule has 0 saturated heterocycles. The van der Waals surface area contributed by atoms with E-state index in [1.54, 1.807) is 0 Å². The molecule has 0 radical (unpaired) electrons. The van der Waals surface area contributed by atoms with Gasteiger partial charge < -0.3 is 10.0 Å². The molecule has 0 aromatic rings. The zero-order chi connectivity index (χ0) is 9.78. The third-order valence-electron chi connectivity index (χ3n) is 2.80. The lowest BCUT2D eigenvalue weighted by molar-refractivity contribution is 0.109. The third kappa shape index (κ3) is 3.55. The van der Waals surface area contributed by atoms with Crippen molar-refractivity contribution in [3.8, 4) is 0 Å². The van der Waals surface area contributed by atoms with Crippen LogP contribution in [0.15, 0.2) is 0 Å². The quantitative estimate of drug-likeness (QED) is 0.684. The maximum atomic E-state index is 8.90. The third-order valence-corrected chi connectivity index (χ3v) is 2.80. The van der Waals surface area contributed by atoms with Gasteiger partial charge in [-0.2, -0.15) is 0 Å². The van der Waals surface area contributed by atoms with Crippen molar-refractivity contribution in [1.82, 2.24) is 4.90 Å². The van der Waals surface area contributed by atoms with Crippen molar-refractivity contribution in [2.24, 2.45) is 5.92 Å². The standard InChI is InChI=1S/C10H23NO/c1-6-10(3,4)11(5)7-9(2)8-12/h9,12H,6-8H2,1-5H3. The molecule has 2 heteroatoms. The fraction of sp³-hybridized carbons (Fsp3) is 1.00. The van der Waals surface area contributed by atoms with E-state index in [1.165, 1.54) is 0 Å². The van der Waals surface area contributed by atoms with Crippen LogP contribution in [0.4, 0.5) is 0 Å². The highest BCUT2D eigenvalue weighted by Gasteiger charge is 2.21. The molecule has 0 aliphatic carbocycles. The van der Waals surface area contributed by atoms with E-state index in [2.05, 4.69) is 39.6 Å². The SMILES string of the molecule is CCC(C)(C)N(C)CC(C)CO. The van der Waals surface area contributed by atoms with Gasteiger partial charge in [0.15, 0.2) is 0 Å². The van der Waals surface area contributed by atoms with Crippen molar-refractivity contribution >= 4 is 0 Å². The van der Waals surface area contributed by atoms with Gasteiger partial charge in [0, 0.05) is 18.7 Å². The lowest BCUT2D eigenvalue weighted by Crippen LogP contribution is -2.43. The summed E-state index contributed by atoms with van der Waals surface area (Å²) in [4.78, 5) is 2.31. The minimum atomic E-state index is 0.253. The number of rotatable bonds is 5. The number of aliphatic hydroxyl groups excluding tert-OH is 1. The highest BCUT2D eigenvalue weighted by atomic mass is 16.3. The number of hydrogen-bond donors (Lipinski definition) is 1. The summed E-state index contributed by atoms with van der Waals surface area (Å²) in [5.41, 5.74) is 0.253. The Bertz CT molecular complexity index is 123. The molecule has 0 fully saturated rings. The molecule has 0 aromatic heterocycles. The fourth-order valence-corrected chi connectivity index (χ4v) is 1.04. The Labute approximate surface area is 76.6 Å². The molecule has 0 rings (SSSR count). The van der Waals surface area contributed by atoms with Crippen molar-refractivity contribution in [2.45, 2.75) is 39.7 Å². The van der Waals surface area contributed by atoms with Gasteiger partial charge in [0.1, 0.15) is 0 Å².